The molecule has 3 rings (SSSR count). The Morgan fingerprint density at radius 1 is 1.46 bits per heavy atom. The predicted octanol–water partition coefficient (Wildman–Crippen LogP) is 0.217. The second-order valence-electron chi connectivity index (χ2n) is 4.59. The van der Waals surface area contributed by atoms with E-state index in [2.05, 4.69) is 10.2 Å². The van der Waals surface area contributed by atoms with E-state index in [-0.39, 0.29) is 0 Å². The lowest BCUT2D eigenvalue weighted by Gasteiger charge is -2.32. The summed E-state index contributed by atoms with van der Waals surface area (Å²) < 4.78 is 0. The van der Waals surface area contributed by atoms with E-state index in [1.54, 1.807) is 0 Å². The van der Waals surface area contributed by atoms with Gasteiger partial charge in [-0.1, -0.05) is 0 Å². The van der Waals surface area contributed by atoms with Crippen LogP contribution in [0.15, 0.2) is 0 Å². The maximum absolute atomic E-state index is 11.7. The number of hydrogen-bond acceptors (Lipinski definition) is 2. The minimum absolute atomic E-state index is 0.432. The van der Waals surface area contributed by atoms with Gasteiger partial charge in [-0.25, -0.2) is 0 Å². The minimum atomic E-state index is 0.432. The van der Waals surface area contributed by atoms with Crippen molar-refractivity contribution in [1.82, 2.24) is 10.2 Å². The molecule has 3 heteroatoms. The molecular weight excluding hydrogens is 164 g/mol. The van der Waals surface area contributed by atoms with E-state index in [1.807, 2.05) is 0 Å². The van der Waals surface area contributed by atoms with Crippen molar-refractivity contribution >= 4 is 5.91 Å². The number of nitrogens with one attached hydrogen (secondary N) is 1. The number of piperidine rings is 2. The molecule has 2 aliphatic heterocycles. The average Bonchev–Trinajstić information content (AvgIpc) is 2.88. The molecule has 1 amide bonds. The van der Waals surface area contributed by atoms with Crippen molar-refractivity contribution in [2.45, 2.75) is 25.3 Å². The van der Waals surface area contributed by atoms with Gasteiger partial charge in [-0.05, 0) is 31.7 Å². The molecule has 2 saturated heterocycles. The van der Waals surface area contributed by atoms with Crippen LogP contribution in [0.25, 0.3) is 0 Å². The third-order valence-electron chi connectivity index (χ3n) is 3.67. The van der Waals surface area contributed by atoms with Crippen LogP contribution >= 0.6 is 0 Å². The summed E-state index contributed by atoms with van der Waals surface area (Å²) in [5, 5.41) is 3.37. The van der Waals surface area contributed by atoms with Gasteiger partial charge in [-0.3, -0.25) is 4.79 Å². The van der Waals surface area contributed by atoms with Gasteiger partial charge in [-0.15, -0.1) is 0 Å². The van der Waals surface area contributed by atoms with Gasteiger partial charge in [0.1, 0.15) is 0 Å². The normalized spacial score (nSPS) is 43.5. The number of rotatable bonds is 1. The van der Waals surface area contributed by atoms with Gasteiger partial charge in [0.2, 0.25) is 5.91 Å². The zero-order valence-corrected chi connectivity index (χ0v) is 7.83. The first-order valence-electron chi connectivity index (χ1n) is 5.37. The largest absolute Gasteiger partial charge is 0.338 e. The van der Waals surface area contributed by atoms with Crippen molar-refractivity contribution in [1.29, 1.82) is 0 Å². The van der Waals surface area contributed by atoms with E-state index in [0.717, 1.165) is 25.6 Å². The molecule has 0 radical (unpaired) electrons. The van der Waals surface area contributed by atoms with Crippen molar-refractivity contribution < 1.29 is 4.79 Å². The minimum Gasteiger partial charge on any atom is -0.338 e. The van der Waals surface area contributed by atoms with E-state index >= 15 is 0 Å². The number of nitrogens with zero attached hydrogens (tertiary/aromatic N) is 1. The first kappa shape index (κ1) is 7.80. The Bertz CT molecular complexity index is 235. The van der Waals surface area contributed by atoms with Gasteiger partial charge < -0.3 is 10.2 Å². The lowest BCUT2D eigenvalue weighted by Crippen LogP contribution is -2.47. The molecular formula is C10H16N2O. The van der Waals surface area contributed by atoms with Crippen LogP contribution in [0.5, 0.6) is 0 Å². The predicted molar refractivity (Wildman–Crippen MR) is 49.2 cm³/mol. The molecule has 3 fully saturated rings. The molecule has 3 aliphatic rings. The number of carbonyl (C=O) groups excluding carboxylic acids is 1. The van der Waals surface area contributed by atoms with Crippen molar-refractivity contribution in [3.8, 4) is 0 Å². The molecule has 3 unspecified atom stereocenters. The first-order chi connectivity index (χ1) is 6.36. The number of carbonyl (C=O) groups is 1. The van der Waals surface area contributed by atoms with Crippen LogP contribution < -0.4 is 5.32 Å². The SMILES string of the molecule is O=C1C2CC2CN1C1CCCNC1. The van der Waals surface area contributed by atoms with E-state index in [1.165, 1.54) is 19.3 Å². The molecule has 1 N–H and O–H groups in total. The topological polar surface area (TPSA) is 32.3 Å². The summed E-state index contributed by atoms with van der Waals surface area (Å²) in [4.78, 5) is 13.9. The molecule has 72 valence electrons. The smallest absolute Gasteiger partial charge is 0.226 e. The molecule has 3 nitrogen and oxygen atoms in total. The quantitative estimate of drug-likeness (QED) is 0.626. The Morgan fingerprint density at radius 3 is 3.00 bits per heavy atom. The fraction of sp³-hybridized carbons (Fsp3) is 0.900. The van der Waals surface area contributed by atoms with Crippen molar-refractivity contribution in [2.24, 2.45) is 11.8 Å². The molecule has 2 heterocycles. The van der Waals surface area contributed by atoms with Crippen molar-refractivity contribution in [3.05, 3.63) is 0 Å². The lowest BCUT2D eigenvalue weighted by atomic mass is 10.1. The van der Waals surface area contributed by atoms with Crippen LogP contribution in [-0.4, -0.2) is 36.5 Å². The Labute approximate surface area is 78.5 Å². The zero-order valence-electron chi connectivity index (χ0n) is 7.83. The molecule has 0 spiro atoms. The summed E-state index contributed by atoms with van der Waals surface area (Å²) in [6, 6.07) is 0.508. The standard InChI is InChI=1S/C10H16N2O/c13-10-9-4-7(9)6-12(10)8-2-1-3-11-5-8/h7-9,11H,1-6H2. The maximum atomic E-state index is 11.7. The average molecular weight is 180 g/mol. The molecule has 13 heavy (non-hydrogen) atoms. The van der Waals surface area contributed by atoms with Crippen LogP contribution in [0.1, 0.15) is 19.3 Å². The number of amides is 1. The van der Waals surface area contributed by atoms with E-state index < -0.39 is 0 Å². The zero-order chi connectivity index (χ0) is 8.84. The summed E-state index contributed by atoms with van der Waals surface area (Å²) in [6.45, 7) is 3.20. The van der Waals surface area contributed by atoms with Gasteiger partial charge in [0.15, 0.2) is 0 Å². The maximum Gasteiger partial charge on any atom is 0.226 e. The molecule has 0 aromatic heterocycles. The highest BCUT2D eigenvalue weighted by Gasteiger charge is 2.53. The Kier molecular flexibility index (Phi) is 1.62. The second kappa shape index (κ2) is 2.71. The highest BCUT2D eigenvalue weighted by molar-refractivity contribution is 5.84. The number of likely N-dealkylation sites (tertiary alicyclic amines) is 1. The van der Waals surface area contributed by atoms with E-state index in [9.17, 15) is 4.79 Å². The number of hydrogen-bond donors (Lipinski definition) is 1. The molecule has 0 bridgehead atoms. The number of fused-ring (bicyclic) bond motifs is 1. The molecule has 0 aromatic rings. The molecule has 0 aromatic carbocycles. The second-order valence-corrected chi connectivity index (χ2v) is 4.59. The van der Waals surface area contributed by atoms with E-state index in [0.29, 0.717) is 17.9 Å². The Hall–Kier alpha value is -0.570. The van der Waals surface area contributed by atoms with Gasteiger partial charge >= 0.3 is 0 Å². The summed E-state index contributed by atoms with van der Waals surface area (Å²) >= 11 is 0. The summed E-state index contributed by atoms with van der Waals surface area (Å²) in [5.41, 5.74) is 0. The summed E-state index contributed by atoms with van der Waals surface area (Å²) in [6.07, 6.45) is 3.61. The third kappa shape index (κ3) is 1.17. The van der Waals surface area contributed by atoms with Crippen LogP contribution in [0.2, 0.25) is 0 Å². The summed E-state index contributed by atoms with van der Waals surface area (Å²) in [7, 11) is 0. The monoisotopic (exact) mass is 180 g/mol. The highest BCUT2D eigenvalue weighted by atomic mass is 16.2. The van der Waals surface area contributed by atoms with Crippen LogP contribution in [-0.2, 0) is 4.79 Å². The van der Waals surface area contributed by atoms with Gasteiger partial charge in [0.05, 0.1) is 0 Å². The van der Waals surface area contributed by atoms with Crippen LogP contribution in [0, 0.1) is 11.8 Å². The van der Waals surface area contributed by atoms with Crippen LogP contribution in [0.4, 0.5) is 0 Å². The fourth-order valence-corrected chi connectivity index (χ4v) is 2.74. The van der Waals surface area contributed by atoms with Crippen LogP contribution in [0.3, 0.4) is 0 Å². The Balaban J connectivity index is 1.67. The Morgan fingerprint density at radius 2 is 2.38 bits per heavy atom. The summed E-state index contributed by atoms with van der Waals surface area (Å²) in [5.74, 6) is 1.61. The molecule has 1 aliphatic carbocycles. The lowest BCUT2D eigenvalue weighted by molar-refractivity contribution is -0.132. The highest BCUT2D eigenvalue weighted by Crippen LogP contribution is 2.46. The van der Waals surface area contributed by atoms with Gasteiger partial charge in [-0.2, -0.15) is 0 Å². The van der Waals surface area contributed by atoms with Gasteiger partial charge in [0, 0.05) is 25.0 Å². The molecule has 1 saturated carbocycles. The van der Waals surface area contributed by atoms with Gasteiger partial charge in [0.25, 0.3) is 0 Å². The first-order valence-corrected chi connectivity index (χ1v) is 5.37. The third-order valence-corrected chi connectivity index (χ3v) is 3.67. The van der Waals surface area contributed by atoms with Crippen molar-refractivity contribution in [3.63, 3.8) is 0 Å². The fourth-order valence-electron chi connectivity index (χ4n) is 2.74. The molecule has 3 atom stereocenters. The van der Waals surface area contributed by atoms with E-state index in [4.69, 9.17) is 0 Å². The van der Waals surface area contributed by atoms with Crippen molar-refractivity contribution in [2.75, 3.05) is 19.6 Å².